The molecule has 0 atom stereocenters. The van der Waals surface area contributed by atoms with E-state index in [0.717, 1.165) is 30.8 Å². The predicted octanol–water partition coefficient (Wildman–Crippen LogP) is 1.09. The van der Waals surface area contributed by atoms with E-state index in [1.54, 1.807) is 0 Å². The fourth-order valence-electron chi connectivity index (χ4n) is 1.08. The van der Waals surface area contributed by atoms with Gasteiger partial charge in [0.25, 0.3) is 0 Å². The van der Waals surface area contributed by atoms with E-state index in [0.29, 0.717) is 0 Å². The largest absolute Gasteiger partial charge is 0.344 e. The van der Waals surface area contributed by atoms with Crippen LogP contribution < -0.4 is 9.80 Å². The van der Waals surface area contributed by atoms with Crippen molar-refractivity contribution in [3.63, 3.8) is 0 Å². The van der Waals surface area contributed by atoms with E-state index in [1.807, 2.05) is 30.8 Å². The fraction of sp³-hybridized carbons (Fsp3) is 0.700. The van der Waals surface area contributed by atoms with Crippen molar-refractivity contribution in [2.24, 2.45) is 0 Å². The van der Waals surface area contributed by atoms with Gasteiger partial charge in [-0.2, -0.15) is 15.0 Å². The molecule has 1 aromatic heterocycles. The van der Waals surface area contributed by atoms with Gasteiger partial charge in [-0.25, -0.2) is 0 Å². The van der Waals surface area contributed by atoms with Gasteiger partial charge in [0.2, 0.25) is 11.9 Å². The molecule has 0 aliphatic rings. The molecule has 0 aliphatic carbocycles. The molecule has 84 valence electrons. The lowest BCUT2D eigenvalue weighted by atomic mass is 10.6. The summed E-state index contributed by atoms with van der Waals surface area (Å²) in [5, 5.41) is 0. The molecule has 1 rings (SSSR count). The highest BCUT2D eigenvalue weighted by Crippen LogP contribution is 2.11. The first-order valence-electron chi connectivity index (χ1n) is 5.23. The van der Waals surface area contributed by atoms with Crippen molar-refractivity contribution in [2.45, 2.75) is 20.8 Å². The highest BCUT2D eigenvalue weighted by Gasteiger charge is 2.09. The van der Waals surface area contributed by atoms with E-state index in [4.69, 9.17) is 0 Å². The molecule has 0 fully saturated rings. The summed E-state index contributed by atoms with van der Waals surface area (Å²) < 4.78 is 0. The zero-order valence-corrected chi connectivity index (χ0v) is 10.2. The molecule has 0 saturated carbocycles. The molecule has 1 heterocycles. The summed E-state index contributed by atoms with van der Waals surface area (Å²) in [7, 11) is 3.95. The standard InChI is InChI=1S/C10H19N5/c1-6-14(4)9-11-8(3)12-10(13-9)15(5)7-2/h6-7H2,1-5H3. The van der Waals surface area contributed by atoms with E-state index in [9.17, 15) is 0 Å². The van der Waals surface area contributed by atoms with Crippen LogP contribution in [-0.2, 0) is 0 Å². The van der Waals surface area contributed by atoms with Crippen molar-refractivity contribution in [1.82, 2.24) is 15.0 Å². The van der Waals surface area contributed by atoms with E-state index in [1.165, 1.54) is 0 Å². The highest BCUT2D eigenvalue weighted by molar-refractivity contribution is 5.37. The predicted molar refractivity (Wildman–Crippen MR) is 62.5 cm³/mol. The van der Waals surface area contributed by atoms with Crippen molar-refractivity contribution in [3.8, 4) is 0 Å². The van der Waals surface area contributed by atoms with Gasteiger partial charge >= 0.3 is 0 Å². The third-order valence-corrected chi connectivity index (χ3v) is 2.36. The summed E-state index contributed by atoms with van der Waals surface area (Å²) in [5.41, 5.74) is 0. The van der Waals surface area contributed by atoms with Crippen molar-refractivity contribution in [1.29, 1.82) is 0 Å². The molecule has 15 heavy (non-hydrogen) atoms. The lowest BCUT2D eigenvalue weighted by Gasteiger charge is -2.19. The Balaban J connectivity index is 3.04. The molecule has 5 nitrogen and oxygen atoms in total. The van der Waals surface area contributed by atoms with Gasteiger partial charge in [0.05, 0.1) is 0 Å². The summed E-state index contributed by atoms with van der Waals surface area (Å²) in [5.74, 6) is 2.23. The maximum Gasteiger partial charge on any atom is 0.230 e. The molecule has 0 bridgehead atoms. The second kappa shape index (κ2) is 4.91. The summed E-state index contributed by atoms with van der Waals surface area (Å²) in [4.78, 5) is 17.0. The van der Waals surface area contributed by atoms with Gasteiger partial charge in [-0.15, -0.1) is 0 Å². The lowest BCUT2D eigenvalue weighted by molar-refractivity contribution is 0.824. The zero-order valence-electron chi connectivity index (χ0n) is 10.2. The van der Waals surface area contributed by atoms with Gasteiger partial charge in [0.15, 0.2) is 0 Å². The normalized spacial score (nSPS) is 10.2. The number of hydrogen-bond acceptors (Lipinski definition) is 5. The summed E-state index contributed by atoms with van der Waals surface area (Å²) in [6.45, 7) is 7.81. The molecule has 0 spiro atoms. The highest BCUT2D eigenvalue weighted by atomic mass is 15.3. The minimum absolute atomic E-state index is 0.736. The van der Waals surface area contributed by atoms with Gasteiger partial charge in [-0.05, 0) is 20.8 Å². The Hall–Kier alpha value is -1.39. The first kappa shape index (κ1) is 11.7. The van der Waals surface area contributed by atoms with Crippen LogP contribution in [0.25, 0.3) is 0 Å². The number of aryl methyl sites for hydroxylation is 1. The number of anilines is 2. The second-order valence-corrected chi connectivity index (χ2v) is 3.51. The van der Waals surface area contributed by atoms with Gasteiger partial charge < -0.3 is 9.80 Å². The zero-order chi connectivity index (χ0) is 11.4. The first-order valence-corrected chi connectivity index (χ1v) is 5.23. The van der Waals surface area contributed by atoms with Crippen LogP contribution in [0.4, 0.5) is 11.9 Å². The molecule has 0 aromatic carbocycles. The van der Waals surface area contributed by atoms with Crippen molar-refractivity contribution >= 4 is 11.9 Å². The third kappa shape index (κ3) is 2.78. The lowest BCUT2D eigenvalue weighted by Crippen LogP contribution is -2.24. The minimum Gasteiger partial charge on any atom is -0.344 e. The molecule has 1 aromatic rings. The van der Waals surface area contributed by atoms with E-state index < -0.39 is 0 Å². The molecule has 0 radical (unpaired) electrons. The van der Waals surface area contributed by atoms with Crippen molar-refractivity contribution in [2.75, 3.05) is 37.0 Å². The molecular weight excluding hydrogens is 190 g/mol. The van der Waals surface area contributed by atoms with Crippen LogP contribution in [0.15, 0.2) is 0 Å². The molecule has 0 amide bonds. The number of aromatic nitrogens is 3. The first-order chi connectivity index (χ1) is 7.08. The minimum atomic E-state index is 0.736. The van der Waals surface area contributed by atoms with Crippen LogP contribution in [0.1, 0.15) is 19.7 Å². The molecular formula is C10H19N5. The van der Waals surface area contributed by atoms with Gasteiger partial charge in [0.1, 0.15) is 5.82 Å². The van der Waals surface area contributed by atoms with Crippen LogP contribution in [0.3, 0.4) is 0 Å². The molecule has 0 aliphatic heterocycles. The van der Waals surface area contributed by atoms with Crippen LogP contribution >= 0.6 is 0 Å². The topological polar surface area (TPSA) is 45.2 Å². The van der Waals surface area contributed by atoms with Crippen LogP contribution in [0.2, 0.25) is 0 Å². The van der Waals surface area contributed by atoms with Gasteiger partial charge in [-0.1, -0.05) is 0 Å². The Morgan fingerprint density at radius 2 is 1.27 bits per heavy atom. The Morgan fingerprint density at radius 3 is 1.60 bits per heavy atom. The third-order valence-electron chi connectivity index (χ3n) is 2.36. The Labute approximate surface area is 91.2 Å². The van der Waals surface area contributed by atoms with Gasteiger partial charge in [0, 0.05) is 27.2 Å². The number of rotatable bonds is 4. The fourth-order valence-corrected chi connectivity index (χ4v) is 1.08. The second-order valence-electron chi connectivity index (χ2n) is 3.51. The Morgan fingerprint density at radius 1 is 0.867 bits per heavy atom. The molecule has 0 N–H and O–H groups in total. The van der Waals surface area contributed by atoms with Crippen molar-refractivity contribution < 1.29 is 0 Å². The average Bonchev–Trinajstić information content (AvgIpc) is 2.26. The summed E-state index contributed by atoms with van der Waals surface area (Å²) in [6, 6.07) is 0. The number of hydrogen-bond donors (Lipinski definition) is 0. The molecule has 0 saturated heterocycles. The summed E-state index contributed by atoms with van der Waals surface area (Å²) >= 11 is 0. The van der Waals surface area contributed by atoms with E-state index in [2.05, 4.69) is 28.8 Å². The Bertz CT molecular complexity index is 297. The Kier molecular flexibility index (Phi) is 3.82. The van der Waals surface area contributed by atoms with Gasteiger partial charge in [-0.3, -0.25) is 0 Å². The molecule has 5 heteroatoms. The monoisotopic (exact) mass is 209 g/mol. The smallest absolute Gasteiger partial charge is 0.230 e. The summed E-state index contributed by atoms with van der Waals surface area (Å²) in [6.07, 6.45) is 0. The molecule has 0 unspecified atom stereocenters. The maximum absolute atomic E-state index is 4.40. The van der Waals surface area contributed by atoms with Crippen LogP contribution in [0, 0.1) is 6.92 Å². The number of nitrogens with zero attached hydrogens (tertiary/aromatic N) is 5. The van der Waals surface area contributed by atoms with Crippen LogP contribution in [0.5, 0.6) is 0 Å². The van der Waals surface area contributed by atoms with Crippen molar-refractivity contribution in [3.05, 3.63) is 5.82 Å². The van der Waals surface area contributed by atoms with E-state index in [-0.39, 0.29) is 0 Å². The maximum atomic E-state index is 4.40. The average molecular weight is 209 g/mol. The van der Waals surface area contributed by atoms with Crippen LogP contribution in [-0.4, -0.2) is 42.1 Å². The van der Waals surface area contributed by atoms with E-state index >= 15 is 0 Å². The SMILES string of the molecule is CCN(C)c1nc(C)nc(N(C)CC)n1. The quantitative estimate of drug-likeness (QED) is 0.743.